The predicted octanol–water partition coefficient (Wildman–Crippen LogP) is 3.56. The van der Waals surface area contributed by atoms with Crippen LogP contribution in [0.4, 0.5) is 0 Å². The lowest BCUT2D eigenvalue weighted by Gasteiger charge is -2.04. The van der Waals surface area contributed by atoms with E-state index >= 15 is 0 Å². The van der Waals surface area contributed by atoms with E-state index < -0.39 is 16.9 Å². The summed E-state index contributed by atoms with van der Waals surface area (Å²) in [6.07, 6.45) is 5.20. The zero-order valence-electron chi connectivity index (χ0n) is 11.1. The number of hydrogen-bond acceptors (Lipinski definition) is 2. The monoisotopic (exact) mass is 266 g/mol. The van der Waals surface area contributed by atoms with Crippen molar-refractivity contribution in [3.8, 4) is 0 Å². The molecule has 1 rings (SSSR count). The third-order valence-corrected chi connectivity index (χ3v) is 3.92. The van der Waals surface area contributed by atoms with E-state index in [2.05, 4.69) is 6.92 Å². The van der Waals surface area contributed by atoms with Crippen LogP contribution in [0.25, 0.3) is 0 Å². The molecule has 0 aliphatic heterocycles. The lowest BCUT2D eigenvalue weighted by atomic mass is 10.1. The smallest absolute Gasteiger partial charge is 0.0773 e. The van der Waals surface area contributed by atoms with Crippen molar-refractivity contribution in [1.82, 2.24) is 0 Å². The highest BCUT2D eigenvalue weighted by Gasteiger charge is 2.02. The first-order valence-electron chi connectivity index (χ1n) is 6.47. The number of rotatable bonds is 7. The van der Waals surface area contributed by atoms with Crippen LogP contribution in [0, 0.1) is 6.92 Å². The average Bonchev–Trinajstić information content (AvgIpc) is 2.37. The average molecular weight is 266 g/mol. The molecule has 1 unspecified atom stereocenters. The van der Waals surface area contributed by atoms with Gasteiger partial charge in [-0.2, -0.15) is 0 Å². The van der Waals surface area contributed by atoms with Gasteiger partial charge in [0.15, 0.2) is 0 Å². The van der Waals surface area contributed by atoms with E-state index in [0.29, 0.717) is 0 Å². The molecule has 3 heteroatoms. The van der Waals surface area contributed by atoms with Crippen molar-refractivity contribution >= 4 is 10.8 Å². The zero-order valence-corrected chi connectivity index (χ0v) is 12.0. The normalized spacial score (nSPS) is 14.8. The number of aliphatic hydroxyl groups excluding tert-OH is 1. The first-order chi connectivity index (χ1) is 8.63. The van der Waals surface area contributed by atoms with Crippen LogP contribution in [-0.2, 0) is 10.8 Å². The second kappa shape index (κ2) is 8.22. The minimum absolute atomic E-state index is 0.481. The van der Waals surface area contributed by atoms with Crippen molar-refractivity contribution in [2.75, 3.05) is 0 Å². The molecule has 0 aliphatic carbocycles. The number of hydrogen-bond donors (Lipinski definition) is 1. The Kier molecular flexibility index (Phi) is 6.91. The molecule has 0 radical (unpaired) electrons. The van der Waals surface area contributed by atoms with Crippen molar-refractivity contribution < 1.29 is 9.32 Å². The van der Waals surface area contributed by atoms with Gasteiger partial charge in [-0.05, 0) is 31.6 Å². The fourth-order valence-electron chi connectivity index (χ4n) is 1.61. The first-order valence-corrected chi connectivity index (χ1v) is 7.68. The molecule has 1 aromatic carbocycles. The van der Waals surface area contributed by atoms with Crippen molar-refractivity contribution in [1.29, 1.82) is 0 Å². The van der Waals surface area contributed by atoms with Gasteiger partial charge in [-0.25, -0.2) is 4.21 Å². The number of unbranched alkanes of at least 4 members (excludes halogenated alkanes) is 2. The topological polar surface area (TPSA) is 37.3 Å². The maximum atomic E-state index is 11.9. The molecule has 1 N–H and O–H groups in total. The van der Waals surface area contributed by atoms with Gasteiger partial charge in [0.05, 0.1) is 16.9 Å². The van der Waals surface area contributed by atoms with Crippen LogP contribution in [0.5, 0.6) is 0 Å². The maximum Gasteiger partial charge on any atom is 0.0773 e. The summed E-state index contributed by atoms with van der Waals surface area (Å²) in [5, 5.41) is 11.3. The van der Waals surface area contributed by atoms with Gasteiger partial charge in [0, 0.05) is 10.3 Å². The lowest BCUT2D eigenvalue weighted by Crippen LogP contribution is -2.02. The molecular weight excluding hydrogens is 244 g/mol. The Hall–Kier alpha value is -0.930. The Labute approximate surface area is 112 Å². The van der Waals surface area contributed by atoms with E-state index in [1.807, 2.05) is 31.2 Å². The minimum Gasteiger partial charge on any atom is -0.389 e. The van der Waals surface area contributed by atoms with Crippen LogP contribution in [0.3, 0.4) is 0 Å². The van der Waals surface area contributed by atoms with Gasteiger partial charge in [0.2, 0.25) is 0 Å². The summed E-state index contributed by atoms with van der Waals surface area (Å²) >= 11 is 0. The van der Waals surface area contributed by atoms with Crippen molar-refractivity contribution in [2.24, 2.45) is 0 Å². The molecule has 2 nitrogen and oxygen atoms in total. The molecule has 0 amide bonds. The highest BCUT2D eigenvalue weighted by molar-refractivity contribution is 7.88. The van der Waals surface area contributed by atoms with Crippen LogP contribution >= 0.6 is 0 Å². The molecule has 0 bridgehead atoms. The van der Waals surface area contributed by atoms with E-state index in [-0.39, 0.29) is 0 Å². The highest BCUT2D eigenvalue weighted by Crippen LogP contribution is 2.10. The van der Waals surface area contributed by atoms with Crippen LogP contribution in [-0.4, -0.2) is 15.4 Å². The third kappa shape index (κ3) is 5.61. The summed E-state index contributed by atoms with van der Waals surface area (Å²) in [5.74, 6) is 0. The van der Waals surface area contributed by atoms with Gasteiger partial charge < -0.3 is 5.11 Å². The molecule has 0 saturated carbocycles. The summed E-state index contributed by atoms with van der Waals surface area (Å²) in [4.78, 5) is 0.776. The zero-order chi connectivity index (χ0) is 13.4. The van der Waals surface area contributed by atoms with Gasteiger partial charge >= 0.3 is 0 Å². The fraction of sp³-hybridized carbons (Fsp3) is 0.467. The first kappa shape index (κ1) is 15.1. The Bertz CT molecular complexity index is 395. The van der Waals surface area contributed by atoms with Crippen molar-refractivity contribution in [3.05, 3.63) is 41.3 Å². The minimum atomic E-state index is -1.16. The quantitative estimate of drug-likeness (QED) is 0.766. The third-order valence-electron chi connectivity index (χ3n) is 2.78. The molecule has 18 heavy (non-hydrogen) atoms. The molecule has 0 aromatic heterocycles. The van der Waals surface area contributed by atoms with E-state index in [0.717, 1.165) is 36.1 Å². The van der Waals surface area contributed by atoms with Crippen molar-refractivity contribution in [3.63, 3.8) is 0 Å². The summed E-state index contributed by atoms with van der Waals surface area (Å²) < 4.78 is 11.9. The summed E-state index contributed by atoms with van der Waals surface area (Å²) in [5.41, 5.74) is 1.15. The summed E-state index contributed by atoms with van der Waals surface area (Å²) in [6.45, 7) is 4.13. The Balaban J connectivity index is 2.46. The fourth-order valence-corrected chi connectivity index (χ4v) is 2.50. The molecular formula is C15H22O2S. The Morgan fingerprint density at radius 2 is 1.94 bits per heavy atom. The molecule has 100 valence electrons. The highest BCUT2D eigenvalue weighted by atomic mass is 32.2. The summed E-state index contributed by atoms with van der Waals surface area (Å²) in [7, 11) is -1.16. The largest absolute Gasteiger partial charge is 0.389 e. The van der Waals surface area contributed by atoms with Crippen LogP contribution in [0.15, 0.2) is 40.6 Å². The molecule has 0 spiro atoms. The number of aliphatic hydroxyl groups is 1. The SMILES string of the molecule is CCCCC[C@H](O)/C=C/S(=O)c1ccc(C)cc1. The van der Waals surface area contributed by atoms with Gasteiger partial charge in [-0.15, -0.1) is 0 Å². The number of aryl methyl sites for hydroxylation is 1. The molecule has 0 heterocycles. The lowest BCUT2D eigenvalue weighted by molar-refractivity contribution is 0.208. The maximum absolute atomic E-state index is 11.9. The van der Waals surface area contributed by atoms with Crippen LogP contribution in [0.2, 0.25) is 0 Å². The van der Waals surface area contributed by atoms with E-state index in [1.54, 1.807) is 11.5 Å². The molecule has 2 atom stereocenters. The number of benzene rings is 1. The standard InChI is InChI=1S/C15H22O2S/c1-3-4-5-6-14(16)11-12-18(17)15-9-7-13(2)8-10-15/h7-12,14,16H,3-6H2,1-2H3/b12-11+/t14-,18?/m0/s1. The predicted molar refractivity (Wildman–Crippen MR) is 76.9 cm³/mol. The van der Waals surface area contributed by atoms with E-state index in [9.17, 15) is 9.32 Å². The summed E-state index contributed by atoms with van der Waals surface area (Å²) in [6, 6.07) is 7.61. The van der Waals surface area contributed by atoms with Gasteiger partial charge in [0.25, 0.3) is 0 Å². The van der Waals surface area contributed by atoms with Crippen LogP contribution < -0.4 is 0 Å². The van der Waals surface area contributed by atoms with Crippen molar-refractivity contribution in [2.45, 2.75) is 50.5 Å². The van der Waals surface area contributed by atoms with Gasteiger partial charge in [-0.1, -0.05) is 43.9 Å². The Morgan fingerprint density at radius 1 is 1.28 bits per heavy atom. The van der Waals surface area contributed by atoms with Gasteiger partial charge in [0.1, 0.15) is 0 Å². The molecule has 1 aromatic rings. The van der Waals surface area contributed by atoms with Gasteiger partial charge in [-0.3, -0.25) is 0 Å². The second-order valence-corrected chi connectivity index (χ2v) is 5.84. The van der Waals surface area contributed by atoms with Crippen LogP contribution in [0.1, 0.15) is 38.2 Å². The molecule has 0 saturated heterocycles. The second-order valence-electron chi connectivity index (χ2n) is 4.50. The molecule has 0 fully saturated rings. The Morgan fingerprint density at radius 3 is 2.56 bits per heavy atom. The van der Waals surface area contributed by atoms with E-state index in [1.165, 1.54) is 0 Å². The molecule has 0 aliphatic rings. The van der Waals surface area contributed by atoms with E-state index in [4.69, 9.17) is 0 Å².